The summed E-state index contributed by atoms with van der Waals surface area (Å²) in [5.74, 6) is 0.915. The standard InChI is InChI=1S/C19H32N4O2/c1-3-5-17-13-22(11-15-10-20-23(4-2)12-15)14-18(17)21-19(24)16-6-8-25-9-7-16/h10,12,16-18H,3-9,11,13-14H2,1-2H3,(H,21,24)/t17-,18-/m1/s1. The molecule has 0 aliphatic carbocycles. The van der Waals surface area contributed by atoms with E-state index in [4.69, 9.17) is 4.74 Å². The van der Waals surface area contributed by atoms with Crippen LogP contribution < -0.4 is 5.32 Å². The summed E-state index contributed by atoms with van der Waals surface area (Å²) in [5, 5.41) is 7.73. The highest BCUT2D eigenvalue weighted by molar-refractivity contribution is 5.79. The molecule has 0 spiro atoms. The second kappa shape index (κ2) is 8.81. The molecule has 6 heteroatoms. The van der Waals surface area contributed by atoms with Crippen LogP contribution in [0.3, 0.4) is 0 Å². The number of nitrogens with one attached hydrogen (secondary N) is 1. The summed E-state index contributed by atoms with van der Waals surface area (Å²) in [6.45, 7) is 9.59. The predicted octanol–water partition coefficient (Wildman–Crippen LogP) is 2.05. The summed E-state index contributed by atoms with van der Waals surface area (Å²) in [5.41, 5.74) is 1.26. The zero-order valence-corrected chi connectivity index (χ0v) is 15.6. The lowest BCUT2D eigenvalue weighted by Crippen LogP contribution is -2.44. The van der Waals surface area contributed by atoms with Crippen molar-refractivity contribution in [3.63, 3.8) is 0 Å². The molecule has 0 radical (unpaired) electrons. The minimum atomic E-state index is 0.132. The van der Waals surface area contributed by atoms with E-state index >= 15 is 0 Å². The average molecular weight is 348 g/mol. The normalized spacial score (nSPS) is 25.4. The van der Waals surface area contributed by atoms with Gasteiger partial charge >= 0.3 is 0 Å². The van der Waals surface area contributed by atoms with Gasteiger partial charge in [-0.25, -0.2) is 0 Å². The minimum absolute atomic E-state index is 0.132. The molecule has 140 valence electrons. The van der Waals surface area contributed by atoms with Crippen molar-refractivity contribution in [1.82, 2.24) is 20.0 Å². The largest absolute Gasteiger partial charge is 0.381 e. The van der Waals surface area contributed by atoms with E-state index < -0.39 is 0 Å². The molecule has 1 aromatic heterocycles. The van der Waals surface area contributed by atoms with Crippen LogP contribution in [-0.4, -0.2) is 52.9 Å². The molecule has 0 saturated carbocycles. The van der Waals surface area contributed by atoms with E-state index in [0.717, 1.165) is 45.4 Å². The highest BCUT2D eigenvalue weighted by atomic mass is 16.5. The number of aryl methyl sites for hydroxylation is 1. The van der Waals surface area contributed by atoms with Gasteiger partial charge in [-0.05, 0) is 32.1 Å². The van der Waals surface area contributed by atoms with E-state index in [-0.39, 0.29) is 17.9 Å². The van der Waals surface area contributed by atoms with Crippen LogP contribution in [-0.2, 0) is 22.6 Å². The minimum Gasteiger partial charge on any atom is -0.381 e. The Morgan fingerprint density at radius 1 is 1.32 bits per heavy atom. The maximum Gasteiger partial charge on any atom is 0.223 e. The molecule has 3 rings (SSSR count). The van der Waals surface area contributed by atoms with Crippen LogP contribution in [0.15, 0.2) is 12.4 Å². The SMILES string of the molecule is CCC[C@@H]1CN(Cc2cnn(CC)c2)C[C@H]1NC(=O)C1CCOCC1. The van der Waals surface area contributed by atoms with E-state index in [1.807, 2.05) is 10.9 Å². The first-order valence-electron chi connectivity index (χ1n) is 9.81. The lowest BCUT2D eigenvalue weighted by molar-refractivity contribution is -0.128. The van der Waals surface area contributed by atoms with Crippen molar-refractivity contribution in [3.05, 3.63) is 18.0 Å². The van der Waals surface area contributed by atoms with Gasteiger partial charge in [-0.3, -0.25) is 14.4 Å². The molecule has 0 unspecified atom stereocenters. The van der Waals surface area contributed by atoms with Crippen LogP contribution in [0.4, 0.5) is 0 Å². The Kier molecular flexibility index (Phi) is 6.48. The monoisotopic (exact) mass is 348 g/mol. The number of carbonyl (C=O) groups excluding carboxylic acids is 1. The molecule has 2 aliphatic heterocycles. The third kappa shape index (κ3) is 4.82. The Labute approximate surface area is 150 Å². The fourth-order valence-electron chi connectivity index (χ4n) is 4.10. The number of likely N-dealkylation sites (tertiary alicyclic amines) is 1. The molecule has 2 atom stereocenters. The summed E-state index contributed by atoms with van der Waals surface area (Å²) in [6, 6.07) is 0.275. The van der Waals surface area contributed by atoms with Crippen LogP contribution >= 0.6 is 0 Å². The third-order valence-corrected chi connectivity index (χ3v) is 5.51. The van der Waals surface area contributed by atoms with E-state index in [1.54, 1.807) is 0 Å². The van der Waals surface area contributed by atoms with Gasteiger partial charge < -0.3 is 10.1 Å². The molecule has 2 saturated heterocycles. The Morgan fingerprint density at radius 2 is 2.12 bits per heavy atom. The maximum absolute atomic E-state index is 12.6. The fraction of sp³-hybridized carbons (Fsp3) is 0.789. The van der Waals surface area contributed by atoms with Gasteiger partial charge in [0.2, 0.25) is 5.91 Å². The molecule has 1 N–H and O–H groups in total. The summed E-state index contributed by atoms with van der Waals surface area (Å²) in [4.78, 5) is 15.1. The number of hydrogen-bond donors (Lipinski definition) is 1. The quantitative estimate of drug-likeness (QED) is 0.819. The number of carbonyl (C=O) groups is 1. The molecular formula is C19H32N4O2. The Bertz CT molecular complexity index is 553. The van der Waals surface area contributed by atoms with Gasteiger partial charge in [-0.1, -0.05) is 13.3 Å². The van der Waals surface area contributed by atoms with Crippen molar-refractivity contribution in [2.45, 2.75) is 58.7 Å². The lowest BCUT2D eigenvalue weighted by atomic mass is 9.95. The van der Waals surface area contributed by atoms with E-state index in [9.17, 15) is 4.79 Å². The van der Waals surface area contributed by atoms with Crippen molar-refractivity contribution < 1.29 is 9.53 Å². The lowest BCUT2D eigenvalue weighted by Gasteiger charge is -2.25. The van der Waals surface area contributed by atoms with Crippen LogP contribution in [0.1, 0.15) is 45.1 Å². The number of hydrogen-bond acceptors (Lipinski definition) is 4. The number of amides is 1. The van der Waals surface area contributed by atoms with Crippen molar-refractivity contribution in [1.29, 1.82) is 0 Å². The number of aromatic nitrogens is 2. The Morgan fingerprint density at radius 3 is 2.80 bits per heavy atom. The highest BCUT2D eigenvalue weighted by Gasteiger charge is 2.34. The van der Waals surface area contributed by atoms with Gasteiger partial charge in [0.05, 0.1) is 6.20 Å². The zero-order valence-electron chi connectivity index (χ0n) is 15.6. The molecule has 1 amide bonds. The molecule has 0 aromatic carbocycles. The second-order valence-corrected chi connectivity index (χ2v) is 7.45. The number of nitrogens with zero attached hydrogens (tertiary/aromatic N) is 3. The molecular weight excluding hydrogens is 316 g/mol. The molecule has 6 nitrogen and oxygen atoms in total. The predicted molar refractivity (Wildman–Crippen MR) is 97.0 cm³/mol. The van der Waals surface area contributed by atoms with Gasteiger partial charge in [0.1, 0.15) is 0 Å². The molecule has 0 bridgehead atoms. The zero-order chi connectivity index (χ0) is 17.6. The Balaban J connectivity index is 1.56. The third-order valence-electron chi connectivity index (χ3n) is 5.51. The van der Waals surface area contributed by atoms with Crippen molar-refractivity contribution in [2.24, 2.45) is 11.8 Å². The number of rotatable bonds is 7. The van der Waals surface area contributed by atoms with Crippen molar-refractivity contribution in [3.8, 4) is 0 Å². The first kappa shape index (κ1) is 18.4. The molecule has 2 aliphatic rings. The second-order valence-electron chi connectivity index (χ2n) is 7.45. The van der Waals surface area contributed by atoms with Gasteiger partial charge in [-0.2, -0.15) is 5.10 Å². The maximum atomic E-state index is 12.6. The summed E-state index contributed by atoms with van der Waals surface area (Å²) in [6.07, 6.45) is 8.14. The van der Waals surface area contributed by atoms with Crippen LogP contribution in [0.5, 0.6) is 0 Å². The molecule has 1 aromatic rings. The topological polar surface area (TPSA) is 59.4 Å². The van der Waals surface area contributed by atoms with Gasteiger partial charge in [0.15, 0.2) is 0 Å². The molecule has 25 heavy (non-hydrogen) atoms. The average Bonchev–Trinajstić information content (AvgIpc) is 3.23. The van der Waals surface area contributed by atoms with E-state index in [1.165, 1.54) is 12.0 Å². The van der Waals surface area contributed by atoms with Crippen molar-refractivity contribution >= 4 is 5.91 Å². The summed E-state index contributed by atoms with van der Waals surface area (Å²) in [7, 11) is 0. The smallest absolute Gasteiger partial charge is 0.223 e. The van der Waals surface area contributed by atoms with Gasteiger partial charge in [-0.15, -0.1) is 0 Å². The van der Waals surface area contributed by atoms with Gasteiger partial charge in [0, 0.05) is 63.1 Å². The van der Waals surface area contributed by atoms with E-state index in [0.29, 0.717) is 19.1 Å². The molecule has 3 heterocycles. The van der Waals surface area contributed by atoms with Crippen LogP contribution in [0.2, 0.25) is 0 Å². The molecule has 2 fully saturated rings. The number of ether oxygens (including phenoxy) is 1. The highest BCUT2D eigenvalue weighted by Crippen LogP contribution is 2.24. The van der Waals surface area contributed by atoms with Crippen LogP contribution in [0, 0.1) is 11.8 Å². The first-order chi connectivity index (χ1) is 12.2. The summed E-state index contributed by atoms with van der Waals surface area (Å²) < 4.78 is 7.35. The van der Waals surface area contributed by atoms with Gasteiger partial charge in [0.25, 0.3) is 0 Å². The van der Waals surface area contributed by atoms with E-state index in [2.05, 4.69) is 35.4 Å². The first-order valence-corrected chi connectivity index (χ1v) is 9.81. The fourth-order valence-corrected chi connectivity index (χ4v) is 4.10. The summed E-state index contributed by atoms with van der Waals surface area (Å²) >= 11 is 0. The van der Waals surface area contributed by atoms with Crippen LogP contribution in [0.25, 0.3) is 0 Å². The van der Waals surface area contributed by atoms with Crippen molar-refractivity contribution in [2.75, 3.05) is 26.3 Å². The Hall–Kier alpha value is -1.40.